The van der Waals surface area contributed by atoms with Crippen molar-refractivity contribution in [3.05, 3.63) is 58.7 Å². The summed E-state index contributed by atoms with van der Waals surface area (Å²) in [4.78, 5) is 0.118. The van der Waals surface area contributed by atoms with E-state index >= 15 is 0 Å². The topological polar surface area (TPSA) is 81.7 Å². The summed E-state index contributed by atoms with van der Waals surface area (Å²) in [7, 11) is -3.77. The Bertz CT molecular complexity index is 893. The molecule has 0 atom stereocenters. The minimum atomic E-state index is -3.77. The van der Waals surface area contributed by atoms with Gasteiger partial charge in [0.1, 0.15) is 0 Å². The molecule has 2 aromatic carbocycles. The van der Waals surface area contributed by atoms with Crippen LogP contribution in [0.2, 0.25) is 0 Å². The fraction of sp³-hybridized carbons (Fsp3) is 0.222. The molecule has 2 rings (SSSR count). The molecule has 0 aromatic heterocycles. The molecule has 0 aliphatic rings. The third-order valence-corrected chi connectivity index (χ3v) is 5.54. The Balaban J connectivity index is 2.61. The van der Waals surface area contributed by atoms with Crippen molar-refractivity contribution in [2.75, 3.05) is 0 Å². The van der Waals surface area contributed by atoms with E-state index in [1.165, 1.54) is 12.1 Å². The normalized spacial score (nSPS) is 11.0. The zero-order valence-corrected chi connectivity index (χ0v) is 14.0. The molecule has 0 heterocycles. The lowest BCUT2D eigenvalue weighted by atomic mass is 10.0. The van der Waals surface area contributed by atoms with Gasteiger partial charge >= 0.3 is 0 Å². The Hall–Kier alpha value is -2.63. The van der Waals surface area contributed by atoms with Crippen LogP contribution in [-0.2, 0) is 9.84 Å². The fourth-order valence-electron chi connectivity index (χ4n) is 2.24. The maximum atomic E-state index is 12.7. The molecule has 0 spiro atoms. The molecule has 0 fully saturated rings. The first-order valence-corrected chi connectivity index (χ1v) is 8.59. The van der Waals surface area contributed by atoms with E-state index in [2.05, 4.69) is 0 Å². The van der Waals surface area contributed by atoms with Crippen molar-refractivity contribution in [2.24, 2.45) is 0 Å². The van der Waals surface area contributed by atoms with Crippen molar-refractivity contribution in [2.45, 2.75) is 36.5 Å². The van der Waals surface area contributed by atoms with Gasteiger partial charge in [-0.3, -0.25) is 0 Å². The lowest BCUT2D eigenvalue weighted by molar-refractivity contribution is 0.596. The van der Waals surface area contributed by atoms with Crippen LogP contribution in [0.4, 0.5) is 0 Å². The van der Waals surface area contributed by atoms with Gasteiger partial charge in [0.2, 0.25) is 9.84 Å². The number of sulfone groups is 1. The van der Waals surface area contributed by atoms with Crippen molar-refractivity contribution in [3.8, 4) is 12.1 Å². The first kappa shape index (κ1) is 16.7. The van der Waals surface area contributed by atoms with E-state index in [0.717, 1.165) is 5.56 Å². The summed E-state index contributed by atoms with van der Waals surface area (Å²) in [5, 5.41) is 18.3. The molecule has 0 aliphatic heterocycles. The summed E-state index contributed by atoms with van der Waals surface area (Å²) in [5.41, 5.74) is 1.93. The van der Waals surface area contributed by atoms with Crippen LogP contribution in [0.5, 0.6) is 0 Å². The Labute approximate surface area is 136 Å². The lowest BCUT2D eigenvalue weighted by Crippen LogP contribution is -2.04. The number of nitrogens with zero attached hydrogens (tertiary/aromatic N) is 2. The van der Waals surface area contributed by atoms with Crippen LogP contribution in [-0.4, -0.2) is 8.42 Å². The number of hydrogen-bond donors (Lipinski definition) is 0. The van der Waals surface area contributed by atoms with Gasteiger partial charge < -0.3 is 0 Å². The van der Waals surface area contributed by atoms with Gasteiger partial charge in [-0.25, -0.2) is 8.42 Å². The highest BCUT2D eigenvalue weighted by molar-refractivity contribution is 7.91. The molecule has 23 heavy (non-hydrogen) atoms. The fourth-order valence-corrected chi connectivity index (χ4v) is 3.56. The largest absolute Gasteiger partial charge is 0.219 e. The molecule has 5 heteroatoms. The molecular weight excluding hydrogens is 308 g/mol. The van der Waals surface area contributed by atoms with Crippen LogP contribution in [0, 0.1) is 29.6 Å². The van der Waals surface area contributed by atoms with E-state index in [4.69, 9.17) is 10.5 Å². The second-order valence-electron chi connectivity index (χ2n) is 5.59. The van der Waals surface area contributed by atoms with Gasteiger partial charge in [0, 0.05) is 0 Å². The maximum absolute atomic E-state index is 12.7. The van der Waals surface area contributed by atoms with Crippen molar-refractivity contribution in [1.82, 2.24) is 0 Å². The number of rotatable bonds is 3. The number of hydrogen-bond acceptors (Lipinski definition) is 4. The molecule has 0 saturated heterocycles. The molecule has 0 aliphatic carbocycles. The van der Waals surface area contributed by atoms with E-state index in [1.54, 1.807) is 31.2 Å². The number of nitriles is 2. The van der Waals surface area contributed by atoms with Crippen molar-refractivity contribution < 1.29 is 8.42 Å². The quantitative estimate of drug-likeness (QED) is 0.862. The van der Waals surface area contributed by atoms with Crippen molar-refractivity contribution in [3.63, 3.8) is 0 Å². The van der Waals surface area contributed by atoms with Gasteiger partial charge in [-0.2, -0.15) is 10.5 Å². The lowest BCUT2D eigenvalue weighted by Gasteiger charge is -2.10. The minimum absolute atomic E-state index is 0.0338. The van der Waals surface area contributed by atoms with E-state index in [-0.39, 0.29) is 20.9 Å². The van der Waals surface area contributed by atoms with Gasteiger partial charge in [0.15, 0.2) is 0 Å². The molecule has 0 unspecified atom stereocenters. The zero-order valence-electron chi connectivity index (χ0n) is 13.2. The standard InChI is InChI=1S/C18H16N2O2S/c1-12(2)14-4-6-17(7-5-14)23(21,22)18-8-15(10-19)13(3)16(9-18)11-20/h4-9,12H,1-3H3. The van der Waals surface area contributed by atoms with Gasteiger partial charge in [0.05, 0.1) is 33.1 Å². The maximum Gasteiger partial charge on any atom is 0.206 e. The molecule has 0 amide bonds. The summed E-state index contributed by atoms with van der Waals surface area (Å²) in [6.45, 7) is 5.69. The van der Waals surface area contributed by atoms with Crippen LogP contribution >= 0.6 is 0 Å². The van der Waals surface area contributed by atoms with Crippen LogP contribution in [0.1, 0.15) is 42.0 Å². The Morgan fingerprint density at radius 3 is 1.78 bits per heavy atom. The van der Waals surface area contributed by atoms with Gasteiger partial charge in [0.25, 0.3) is 0 Å². The zero-order chi connectivity index (χ0) is 17.2. The van der Waals surface area contributed by atoms with Crippen molar-refractivity contribution >= 4 is 9.84 Å². The van der Waals surface area contributed by atoms with Crippen LogP contribution in [0.15, 0.2) is 46.2 Å². The average molecular weight is 324 g/mol. The SMILES string of the molecule is Cc1c(C#N)cc(S(=O)(=O)c2ccc(C(C)C)cc2)cc1C#N. The van der Waals surface area contributed by atoms with Gasteiger partial charge in [-0.15, -0.1) is 0 Å². The average Bonchev–Trinajstić information content (AvgIpc) is 2.54. The summed E-state index contributed by atoms with van der Waals surface area (Å²) in [6, 6.07) is 13.2. The molecular formula is C18H16N2O2S. The third kappa shape index (κ3) is 3.11. The monoisotopic (exact) mass is 324 g/mol. The van der Waals surface area contributed by atoms with E-state index in [9.17, 15) is 8.42 Å². The van der Waals surface area contributed by atoms with E-state index in [0.29, 0.717) is 11.5 Å². The Morgan fingerprint density at radius 2 is 1.39 bits per heavy atom. The number of benzene rings is 2. The van der Waals surface area contributed by atoms with E-state index < -0.39 is 9.84 Å². The second kappa shape index (κ2) is 6.24. The van der Waals surface area contributed by atoms with Crippen molar-refractivity contribution in [1.29, 1.82) is 10.5 Å². The van der Waals surface area contributed by atoms with Crippen LogP contribution in [0.3, 0.4) is 0 Å². The molecule has 0 saturated carbocycles. The summed E-state index contributed by atoms with van der Waals surface area (Å²) < 4.78 is 25.5. The smallest absolute Gasteiger partial charge is 0.206 e. The predicted molar refractivity (Wildman–Crippen MR) is 86.6 cm³/mol. The third-order valence-electron chi connectivity index (χ3n) is 3.79. The summed E-state index contributed by atoms with van der Waals surface area (Å²) in [6.07, 6.45) is 0. The second-order valence-corrected chi connectivity index (χ2v) is 7.54. The summed E-state index contributed by atoms with van der Waals surface area (Å²) >= 11 is 0. The summed E-state index contributed by atoms with van der Waals surface area (Å²) in [5.74, 6) is 0.307. The molecule has 0 N–H and O–H groups in total. The van der Waals surface area contributed by atoms with Crippen LogP contribution < -0.4 is 0 Å². The van der Waals surface area contributed by atoms with Crippen LogP contribution in [0.25, 0.3) is 0 Å². The Kier molecular flexibility index (Phi) is 4.54. The van der Waals surface area contributed by atoms with Gasteiger partial charge in [-0.05, 0) is 48.2 Å². The predicted octanol–water partition coefficient (Wildman–Crippen LogP) is 3.69. The molecule has 116 valence electrons. The molecule has 0 bridgehead atoms. The highest BCUT2D eigenvalue weighted by Gasteiger charge is 2.21. The van der Waals surface area contributed by atoms with Gasteiger partial charge in [-0.1, -0.05) is 26.0 Å². The molecule has 2 aromatic rings. The minimum Gasteiger partial charge on any atom is -0.219 e. The Morgan fingerprint density at radius 1 is 0.913 bits per heavy atom. The van der Waals surface area contributed by atoms with E-state index in [1.807, 2.05) is 26.0 Å². The first-order chi connectivity index (χ1) is 10.8. The highest BCUT2D eigenvalue weighted by Crippen LogP contribution is 2.26. The molecule has 4 nitrogen and oxygen atoms in total. The molecule has 0 radical (unpaired) electrons. The first-order valence-electron chi connectivity index (χ1n) is 7.11. The highest BCUT2D eigenvalue weighted by atomic mass is 32.2.